The molecule has 0 fully saturated rings. The largest absolute Gasteiger partial charge is 0.344 e. The fourth-order valence-electron chi connectivity index (χ4n) is 2.71. The Hall–Kier alpha value is -2.07. The summed E-state index contributed by atoms with van der Waals surface area (Å²) in [6.45, 7) is 0.532. The summed E-state index contributed by atoms with van der Waals surface area (Å²) in [6.07, 6.45) is 0. The zero-order valence-corrected chi connectivity index (χ0v) is 15.8. The highest BCUT2D eigenvalue weighted by Gasteiger charge is 2.23. The lowest BCUT2D eigenvalue weighted by molar-refractivity contribution is 0.597. The number of nitrogens with zero attached hydrogens (tertiary/aromatic N) is 4. The van der Waals surface area contributed by atoms with Gasteiger partial charge in [-0.15, -0.1) is 10.2 Å². The van der Waals surface area contributed by atoms with Gasteiger partial charge in [0.1, 0.15) is 0 Å². The van der Waals surface area contributed by atoms with Gasteiger partial charge in [-0.2, -0.15) is 0 Å². The third kappa shape index (κ3) is 3.18. The molecule has 0 saturated carbocycles. The quantitative estimate of drug-likeness (QED) is 0.717. The molecular weight excluding hydrogens is 394 g/mol. The molecule has 0 bridgehead atoms. The van der Waals surface area contributed by atoms with Gasteiger partial charge < -0.3 is 4.90 Å². The van der Waals surface area contributed by atoms with Crippen LogP contribution in [-0.2, 0) is 16.7 Å². The molecule has 1 aliphatic rings. The molecule has 26 heavy (non-hydrogen) atoms. The Bertz CT molecular complexity index is 1070. The lowest BCUT2D eigenvalue weighted by Crippen LogP contribution is -2.30. The summed E-state index contributed by atoms with van der Waals surface area (Å²) in [7, 11) is -3.70. The molecule has 0 spiro atoms. The van der Waals surface area contributed by atoms with Crippen LogP contribution in [0.2, 0.25) is 5.02 Å². The van der Waals surface area contributed by atoms with E-state index >= 15 is 0 Å². The predicted octanol–water partition coefficient (Wildman–Crippen LogP) is 2.77. The summed E-state index contributed by atoms with van der Waals surface area (Å²) in [5.74, 6) is 1.37. The van der Waals surface area contributed by atoms with Crippen LogP contribution in [0.25, 0.3) is 11.4 Å². The van der Waals surface area contributed by atoms with Crippen LogP contribution in [0.4, 0.5) is 5.69 Å². The lowest BCUT2D eigenvalue weighted by atomic mass is 10.2. The average Bonchev–Trinajstić information content (AvgIpc) is 3.04. The SMILES string of the molecule is NS(=O)(=O)c1ccc(N2CSc3nnc(-c4ccccc4Cl)n3C2)cc1. The topological polar surface area (TPSA) is 94.1 Å². The summed E-state index contributed by atoms with van der Waals surface area (Å²) in [4.78, 5) is 2.18. The number of aromatic nitrogens is 3. The van der Waals surface area contributed by atoms with E-state index in [1.165, 1.54) is 12.1 Å². The van der Waals surface area contributed by atoms with Crippen molar-refractivity contribution in [3.8, 4) is 11.4 Å². The second kappa shape index (κ2) is 6.58. The maximum atomic E-state index is 11.4. The minimum absolute atomic E-state index is 0.0904. The van der Waals surface area contributed by atoms with Gasteiger partial charge in [0.15, 0.2) is 11.0 Å². The van der Waals surface area contributed by atoms with E-state index in [9.17, 15) is 8.42 Å². The maximum Gasteiger partial charge on any atom is 0.238 e. The van der Waals surface area contributed by atoms with E-state index in [1.807, 2.05) is 28.8 Å². The molecule has 3 aromatic rings. The molecule has 1 aliphatic heterocycles. The van der Waals surface area contributed by atoms with Crippen molar-refractivity contribution in [1.29, 1.82) is 0 Å². The molecule has 0 saturated heterocycles. The Kier molecular flexibility index (Phi) is 4.39. The maximum absolute atomic E-state index is 11.4. The molecule has 0 atom stereocenters. The Morgan fingerprint density at radius 3 is 2.50 bits per heavy atom. The number of hydrogen-bond acceptors (Lipinski definition) is 6. The first-order chi connectivity index (χ1) is 12.4. The van der Waals surface area contributed by atoms with Crippen LogP contribution in [0.1, 0.15) is 0 Å². The minimum Gasteiger partial charge on any atom is -0.344 e. The Labute approximate surface area is 159 Å². The van der Waals surface area contributed by atoms with Crippen LogP contribution in [0.15, 0.2) is 58.6 Å². The summed E-state index contributed by atoms with van der Waals surface area (Å²) in [5, 5.41) is 15.1. The number of fused-ring (bicyclic) bond motifs is 1. The molecule has 2 N–H and O–H groups in total. The second-order valence-electron chi connectivity index (χ2n) is 5.71. The molecule has 4 rings (SSSR count). The molecule has 0 unspecified atom stereocenters. The average molecular weight is 408 g/mol. The first kappa shape index (κ1) is 17.3. The number of primary sulfonamides is 1. The predicted molar refractivity (Wildman–Crippen MR) is 101 cm³/mol. The Morgan fingerprint density at radius 2 is 1.81 bits per heavy atom. The second-order valence-corrected chi connectivity index (χ2v) is 8.59. The molecule has 0 radical (unpaired) electrons. The van der Waals surface area contributed by atoms with Gasteiger partial charge in [-0.3, -0.25) is 4.57 Å². The molecule has 134 valence electrons. The number of nitrogens with two attached hydrogens (primary N) is 1. The van der Waals surface area contributed by atoms with Crippen molar-refractivity contribution in [1.82, 2.24) is 14.8 Å². The van der Waals surface area contributed by atoms with Crippen LogP contribution in [0, 0.1) is 0 Å². The van der Waals surface area contributed by atoms with Gasteiger partial charge in [0.05, 0.1) is 22.5 Å². The molecule has 0 aliphatic carbocycles. The van der Waals surface area contributed by atoms with Crippen molar-refractivity contribution in [2.24, 2.45) is 5.14 Å². The van der Waals surface area contributed by atoms with E-state index in [1.54, 1.807) is 23.9 Å². The number of anilines is 1. The zero-order chi connectivity index (χ0) is 18.3. The van der Waals surface area contributed by atoms with E-state index in [4.69, 9.17) is 16.7 Å². The Morgan fingerprint density at radius 1 is 1.08 bits per heavy atom. The van der Waals surface area contributed by atoms with Crippen molar-refractivity contribution in [3.05, 3.63) is 53.6 Å². The third-order valence-electron chi connectivity index (χ3n) is 4.02. The van der Waals surface area contributed by atoms with Gasteiger partial charge in [-0.1, -0.05) is 35.5 Å². The standard InChI is InChI=1S/C16H14ClN5O2S2/c17-14-4-2-1-3-13(14)15-19-20-16-22(15)9-21(10-25-16)11-5-7-12(8-6-11)26(18,23)24/h1-8H,9-10H2,(H2,18,23,24). The third-order valence-corrected chi connectivity index (χ3v) is 6.28. The highest BCUT2D eigenvalue weighted by atomic mass is 35.5. The van der Waals surface area contributed by atoms with Gasteiger partial charge >= 0.3 is 0 Å². The van der Waals surface area contributed by atoms with Gasteiger partial charge in [0, 0.05) is 11.3 Å². The van der Waals surface area contributed by atoms with Crippen LogP contribution >= 0.6 is 23.4 Å². The van der Waals surface area contributed by atoms with Crippen molar-refractivity contribution in [3.63, 3.8) is 0 Å². The monoisotopic (exact) mass is 407 g/mol. The minimum atomic E-state index is -3.70. The van der Waals surface area contributed by atoms with Crippen molar-refractivity contribution >= 4 is 39.1 Å². The van der Waals surface area contributed by atoms with Crippen LogP contribution in [0.5, 0.6) is 0 Å². The van der Waals surface area contributed by atoms with E-state index in [2.05, 4.69) is 15.1 Å². The van der Waals surface area contributed by atoms with Crippen LogP contribution in [-0.4, -0.2) is 29.1 Å². The summed E-state index contributed by atoms with van der Waals surface area (Å²) >= 11 is 7.85. The molecule has 7 nitrogen and oxygen atoms in total. The number of thioether (sulfide) groups is 1. The molecule has 1 aromatic heterocycles. The van der Waals surface area contributed by atoms with Gasteiger partial charge in [-0.05, 0) is 36.4 Å². The molecule has 2 aromatic carbocycles. The van der Waals surface area contributed by atoms with Gasteiger partial charge in [0.25, 0.3) is 0 Å². The normalized spacial score (nSPS) is 14.3. The fraction of sp³-hybridized carbons (Fsp3) is 0.125. The first-order valence-corrected chi connectivity index (χ1v) is 10.5. The van der Waals surface area contributed by atoms with E-state index < -0.39 is 10.0 Å². The first-order valence-electron chi connectivity index (χ1n) is 7.62. The number of rotatable bonds is 3. The number of halogens is 1. The lowest BCUT2D eigenvalue weighted by Gasteiger charge is -2.29. The van der Waals surface area contributed by atoms with Gasteiger partial charge in [0.2, 0.25) is 10.0 Å². The summed E-state index contributed by atoms with van der Waals surface area (Å²) in [5.41, 5.74) is 1.70. The van der Waals surface area contributed by atoms with Crippen LogP contribution in [0.3, 0.4) is 0 Å². The van der Waals surface area contributed by atoms with Gasteiger partial charge in [-0.25, -0.2) is 13.6 Å². The van der Waals surface area contributed by atoms with Crippen molar-refractivity contribution < 1.29 is 8.42 Å². The van der Waals surface area contributed by atoms with E-state index in [-0.39, 0.29) is 4.90 Å². The van der Waals surface area contributed by atoms with Crippen molar-refractivity contribution in [2.45, 2.75) is 16.7 Å². The summed E-state index contributed by atoms with van der Waals surface area (Å²) < 4.78 is 24.8. The number of hydrogen-bond donors (Lipinski definition) is 1. The Balaban J connectivity index is 1.66. The van der Waals surface area contributed by atoms with E-state index in [0.717, 1.165) is 16.4 Å². The smallest absolute Gasteiger partial charge is 0.238 e. The molecule has 10 heteroatoms. The fourth-order valence-corrected chi connectivity index (χ4v) is 4.35. The van der Waals surface area contributed by atoms with E-state index in [0.29, 0.717) is 23.4 Å². The van der Waals surface area contributed by atoms with Crippen LogP contribution < -0.4 is 10.0 Å². The highest BCUT2D eigenvalue weighted by Crippen LogP contribution is 2.34. The summed E-state index contributed by atoms with van der Waals surface area (Å²) in [6, 6.07) is 14.0. The number of sulfonamides is 1. The zero-order valence-electron chi connectivity index (χ0n) is 13.4. The molecule has 0 amide bonds. The number of benzene rings is 2. The molecule has 2 heterocycles. The molecular formula is C16H14ClN5O2S2. The highest BCUT2D eigenvalue weighted by molar-refractivity contribution is 7.99. The van der Waals surface area contributed by atoms with Crippen molar-refractivity contribution in [2.75, 3.05) is 10.8 Å².